The molecule has 2 aromatic carbocycles. The van der Waals surface area contributed by atoms with E-state index in [0.29, 0.717) is 5.92 Å². The van der Waals surface area contributed by atoms with E-state index in [2.05, 4.69) is 48.5 Å². The summed E-state index contributed by atoms with van der Waals surface area (Å²) in [4.78, 5) is 0. The van der Waals surface area contributed by atoms with E-state index < -0.39 is 0 Å². The molecule has 88 valence electrons. The molecule has 2 bridgehead atoms. The van der Waals surface area contributed by atoms with E-state index in [1.165, 1.54) is 22.3 Å². The number of nitrogens with one attached hydrogen (secondary N) is 1. The van der Waals surface area contributed by atoms with Crippen molar-refractivity contribution in [3.63, 3.8) is 0 Å². The fourth-order valence-electron chi connectivity index (χ4n) is 3.50. The third-order valence-electron chi connectivity index (χ3n) is 4.28. The third-order valence-corrected chi connectivity index (χ3v) is 4.28. The molecular weight excluding hydrogens is 220 g/mol. The van der Waals surface area contributed by atoms with Gasteiger partial charge in [-0.2, -0.15) is 0 Å². The zero-order valence-electron chi connectivity index (χ0n) is 10.1. The van der Waals surface area contributed by atoms with Crippen molar-refractivity contribution >= 4 is 0 Å². The van der Waals surface area contributed by atoms with Crippen molar-refractivity contribution in [3.05, 3.63) is 70.8 Å². The number of rotatable bonds is 0. The highest BCUT2D eigenvalue weighted by atomic mass is 15.2. The minimum Gasteiger partial charge on any atom is -0.118 e. The molecule has 5 rings (SSSR count). The Kier molecular flexibility index (Phi) is 1.95. The largest absolute Gasteiger partial charge is 0.228 e. The second-order valence-electron chi connectivity index (χ2n) is 5.28. The fraction of sp³-hybridized carbons (Fsp3) is 0.250. The Morgan fingerprint density at radius 3 is 2.39 bits per heavy atom. The van der Waals surface area contributed by atoms with Crippen molar-refractivity contribution in [1.29, 1.82) is 5.53 Å². The lowest BCUT2D eigenvalue weighted by Crippen LogP contribution is -2.27. The summed E-state index contributed by atoms with van der Waals surface area (Å²) < 4.78 is 1.76. The van der Waals surface area contributed by atoms with E-state index >= 15 is 0 Å². The Hall–Kier alpha value is -1.96. The van der Waals surface area contributed by atoms with Gasteiger partial charge in [-0.25, -0.2) is 0 Å². The number of hydrogen-bond donors (Lipinski definition) is 1. The van der Waals surface area contributed by atoms with Crippen LogP contribution in [-0.2, 0) is 6.42 Å². The molecule has 2 heteroatoms. The third kappa shape index (κ3) is 1.23. The maximum Gasteiger partial charge on any atom is 0.228 e. The summed E-state index contributed by atoms with van der Waals surface area (Å²) in [6.45, 7) is 0.844. The first-order chi connectivity index (χ1) is 8.84. The summed E-state index contributed by atoms with van der Waals surface area (Å²) in [6.07, 6.45) is 1.07. The first kappa shape index (κ1) is 10.0. The van der Waals surface area contributed by atoms with Crippen molar-refractivity contribution in [2.24, 2.45) is 0 Å². The van der Waals surface area contributed by atoms with Crippen molar-refractivity contribution in [2.45, 2.75) is 18.4 Å². The average Bonchev–Trinajstić information content (AvgIpc) is 2.63. The molecule has 0 fully saturated rings. The lowest BCUT2D eigenvalue weighted by atomic mass is 9.87. The molecular formula is C16H15N2+. The van der Waals surface area contributed by atoms with Crippen LogP contribution in [0.25, 0.3) is 0 Å². The average molecular weight is 235 g/mol. The summed E-state index contributed by atoms with van der Waals surface area (Å²) >= 11 is 0. The number of nitrogens with zero attached hydrogens (tertiary/aromatic N) is 1. The van der Waals surface area contributed by atoms with Gasteiger partial charge in [-0.3, -0.25) is 0 Å². The van der Waals surface area contributed by atoms with Crippen LogP contribution in [0.2, 0.25) is 0 Å². The molecule has 2 atom stereocenters. The van der Waals surface area contributed by atoms with Gasteiger partial charge in [-0.1, -0.05) is 54.1 Å². The number of fused-ring (bicyclic) bond motifs is 1. The Labute approximate surface area is 106 Å². The van der Waals surface area contributed by atoms with Crippen molar-refractivity contribution < 1.29 is 4.70 Å². The van der Waals surface area contributed by atoms with Gasteiger partial charge in [0.05, 0.1) is 0 Å². The minimum absolute atomic E-state index is 0.121. The van der Waals surface area contributed by atoms with Gasteiger partial charge in [-0.15, -0.1) is 4.70 Å². The highest BCUT2D eigenvalue weighted by Gasteiger charge is 2.42. The second-order valence-corrected chi connectivity index (χ2v) is 5.28. The molecule has 2 aliphatic heterocycles. The molecule has 0 saturated carbocycles. The smallest absolute Gasteiger partial charge is 0.118 e. The van der Waals surface area contributed by atoms with Crippen molar-refractivity contribution in [2.75, 3.05) is 6.54 Å². The Morgan fingerprint density at radius 1 is 0.889 bits per heavy atom. The van der Waals surface area contributed by atoms with Gasteiger partial charge in [0.1, 0.15) is 0 Å². The molecule has 3 aliphatic rings. The van der Waals surface area contributed by atoms with Crippen LogP contribution >= 0.6 is 0 Å². The molecule has 0 aromatic heterocycles. The summed E-state index contributed by atoms with van der Waals surface area (Å²) in [7, 11) is 0. The van der Waals surface area contributed by atoms with Crippen molar-refractivity contribution in [1.82, 2.24) is 0 Å². The molecule has 0 radical (unpaired) electrons. The maximum absolute atomic E-state index is 8.29. The molecule has 0 amide bonds. The normalized spacial score (nSPS) is 24.3. The molecule has 0 spiro atoms. The topological polar surface area (TPSA) is 26.9 Å². The predicted octanol–water partition coefficient (Wildman–Crippen LogP) is 3.47. The summed E-state index contributed by atoms with van der Waals surface area (Å²) in [5.74, 6) is 0.471. The SMILES string of the molecule is N=[N+]1CC2Cc3ccccc3C1c1ccccc12. The Balaban J connectivity index is 2.05. The maximum atomic E-state index is 8.29. The highest BCUT2D eigenvalue weighted by Crippen LogP contribution is 2.43. The molecule has 0 saturated heterocycles. The van der Waals surface area contributed by atoms with Crippen molar-refractivity contribution in [3.8, 4) is 0 Å². The predicted molar refractivity (Wildman–Crippen MR) is 69.0 cm³/mol. The van der Waals surface area contributed by atoms with Crippen LogP contribution in [0.15, 0.2) is 48.5 Å². The lowest BCUT2D eigenvalue weighted by Gasteiger charge is -2.23. The summed E-state index contributed by atoms with van der Waals surface area (Å²) in [5.41, 5.74) is 13.8. The monoisotopic (exact) mass is 235 g/mol. The molecule has 2 nitrogen and oxygen atoms in total. The van der Waals surface area contributed by atoms with Gasteiger partial charge in [0.25, 0.3) is 0 Å². The van der Waals surface area contributed by atoms with E-state index in [1.54, 1.807) is 4.70 Å². The molecule has 2 aromatic rings. The molecule has 18 heavy (non-hydrogen) atoms. The van der Waals surface area contributed by atoms with Crippen LogP contribution in [0.1, 0.15) is 34.2 Å². The van der Waals surface area contributed by atoms with Gasteiger partial charge in [0.15, 0.2) is 6.54 Å². The standard InChI is InChI=1S/C16H15N2/c17-18-10-12-9-11-5-1-2-7-14(11)16(18)15-8-4-3-6-13(12)15/h1-8,12,16-17H,9-10H2/q+1. The highest BCUT2D eigenvalue weighted by molar-refractivity contribution is 5.46. The first-order valence-corrected chi connectivity index (χ1v) is 6.49. The van der Waals surface area contributed by atoms with Crippen LogP contribution in [0.5, 0.6) is 0 Å². The van der Waals surface area contributed by atoms with Crippen LogP contribution in [0, 0.1) is 5.53 Å². The van der Waals surface area contributed by atoms with Gasteiger partial charge in [-0.05, 0) is 17.5 Å². The minimum atomic E-state index is 0.121. The number of benzene rings is 2. The van der Waals surface area contributed by atoms with E-state index in [4.69, 9.17) is 5.53 Å². The van der Waals surface area contributed by atoms with Gasteiger partial charge >= 0.3 is 0 Å². The van der Waals surface area contributed by atoms with Crippen LogP contribution < -0.4 is 0 Å². The van der Waals surface area contributed by atoms with E-state index in [0.717, 1.165) is 13.0 Å². The van der Waals surface area contributed by atoms with E-state index in [-0.39, 0.29) is 6.04 Å². The fourth-order valence-corrected chi connectivity index (χ4v) is 3.50. The zero-order chi connectivity index (χ0) is 12.1. The Morgan fingerprint density at radius 2 is 1.56 bits per heavy atom. The van der Waals surface area contributed by atoms with Crippen LogP contribution in [-0.4, -0.2) is 11.2 Å². The van der Waals surface area contributed by atoms with Gasteiger partial charge < -0.3 is 0 Å². The van der Waals surface area contributed by atoms with Crippen LogP contribution in [0.4, 0.5) is 0 Å². The van der Waals surface area contributed by atoms with E-state index in [1.807, 2.05) is 0 Å². The summed E-state index contributed by atoms with van der Waals surface area (Å²) in [5, 5.41) is 0. The lowest BCUT2D eigenvalue weighted by molar-refractivity contribution is -0.650. The zero-order valence-corrected chi connectivity index (χ0v) is 10.1. The number of hydrogen-bond acceptors (Lipinski definition) is 1. The molecule has 1 N–H and O–H groups in total. The molecule has 1 aliphatic carbocycles. The van der Waals surface area contributed by atoms with Gasteiger partial charge in [0.2, 0.25) is 6.04 Å². The quantitative estimate of drug-likeness (QED) is 0.677. The summed E-state index contributed by atoms with van der Waals surface area (Å²) in [6, 6.07) is 17.4. The molecule has 2 unspecified atom stereocenters. The Bertz CT molecular complexity index is 645. The van der Waals surface area contributed by atoms with Gasteiger partial charge in [0, 0.05) is 17.0 Å². The molecule has 2 heterocycles. The second kappa shape index (κ2) is 3.52. The van der Waals surface area contributed by atoms with Crippen LogP contribution in [0.3, 0.4) is 0 Å². The first-order valence-electron chi connectivity index (χ1n) is 6.49. The van der Waals surface area contributed by atoms with E-state index in [9.17, 15) is 0 Å².